The molecule has 0 amide bonds. The van der Waals surface area contributed by atoms with Gasteiger partial charge in [0.2, 0.25) is 10.0 Å². The van der Waals surface area contributed by atoms with Crippen LogP contribution < -0.4 is 14.2 Å². The quantitative estimate of drug-likeness (QED) is 0.728. The zero-order valence-corrected chi connectivity index (χ0v) is 12.3. The molecule has 1 aromatic rings. The maximum absolute atomic E-state index is 11.8. The second-order valence-electron chi connectivity index (χ2n) is 3.85. The van der Waals surface area contributed by atoms with Gasteiger partial charge in [0.1, 0.15) is 6.54 Å². The molecule has 0 radical (unpaired) electrons. The Hall–Kier alpha value is -1.80. The van der Waals surface area contributed by atoms with Gasteiger partial charge in [-0.05, 0) is 17.7 Å². The van der Waals surface area contributed by atoms with Crippen molar-refractivity contribution in [3.63, 3.8) is 0 Å². The molecule has 0 atom stereocenters. The summed E-state index contributed by atoms with van der Waals surface area (Å²) in [5.74, 6) is 0.0230. The Balaban J connectivity index is 2.79. The van der Waals surface area contributed by atoms with E-state index in [1.165, 1.54) is 21.3 Å². The maximum Gasteiger partial charge on any atom is 0.320 e. The molecule has 1 N–H and O–H groups in total. The van der Waals surface area contributed by atoms with Gasteiger partial charge in [0.25, 0.3) is 0 Å². The highest BCUT2D eigenvalue weighted by Crippen LogP contribution is 2.28. The fraction of sp³-hybridized carbons (Fsp3) is 0.417. The smallest absolute Gasteiger partial charge is 0.320 e. The number of carbonyl (C=O) groups is 1. The number of nitrogens with one attached hydrogen (secondary N) is 1. The first kappa shape index (κ1) is 16.3. The van der Waals surface area contributed by atoms with E-state index in [0.717, 1.165) is 0 Å². The van der Waals surface area contributed by atoms with Crippen molar-refractivity contribution in [3.05, 3.63) is 23.8 Å². The molecule has 20 heavy (non-hydrogen) atoms. The molecule has 0 fully saturated rings. The fourth-order valence-electron chi connectivity index (χ4n) is 1.48. The zero-order chi connectivity index (χ0) is 15.2. The number of methoxy groups -OCH3 is 3. The predicted molar refractivity (Wildman–Crippen MR) is 72.2 cm³/mol. The number of ether oxygens (including phenoxy) is 3. The average molecular weight is 303 g/mol. The van der Waals surface area contributed by atoms with E-state index < -0.39 is 22.5 Å². The minimum Gasteiger partial charge on any atom is -0.493 e. The molecule has 0 spiro atoms. The Morgan fingerprint density at radius 2 is 1.80 bits per heavy atom. The van der Waals surface area contributed by atoms with E-state index in [1.807, 2.05) is 0 Å². The lowest BCUT2D eigenvalue weighted by molar-refractivity contribution is -0.139. The third kappa shape index (κ3) is 4.71. The van der Waals surface area contributed by atoms with Crippen molar-refractivity contribution in [2.75, 3.05) is 27.9 Å². The van der Waals surface area contributed by atoms with Gasteiger partial charge in [-0.15, -0.1) is 0 Å². The minimum absolute atomic E-state index is 0.273. The van der Waals surface area contributed by atoms with Crippen molar-refractivity contribution in [2.24, 2.45) is 0 Å². The lowest BCUT2D eigenvalue weighted by atomic mass is 10.2. The van der Waals surface area contributed by atoms with E-state index in [1.54, 1.807) is 18.2 Å². The van der Waals surface area contributed by atoms with Crippen LogP contribution in [0.2, 0.25) is 0 Å². The summed E-state index contributed by atoms with van der Waals surface area (Å²) in [6.07, 6.45) is 0. The zero-order valence-electron chi connectivity index (χ0n) is 11.5. The summed E-state index contributed by atoms with van der Waals surface area (Å²) in [6, 6.07) is 4.79. The van der Waals surface area contributed by atoms with Crippen LogP contribution >= 0.6 is 0 Å². The first-order chi connectivity index (χ1) is 9.41. The molecule has 7 nitrogen and oxygen atoms in total. The average Bonchev–Trinajstić information content (AvgIpc) is 2.44. The van der Waals surface area contributed by atoms with Crippen LogP contribution in [0.25, 0.3) is 0 Å². The Morgan fingerprint density at radius 3 is 2.35 bits per heavy atom. The molecule has 1 rings (SSSR count). The van der Waals surface area contributed by atoms with Gasteiger partial charge in [-0.25, -0.2) is 13.1 Å². The molecule has 0 saturated heterocycles. The third-order valence-corrected chi connectivity index (χ3v) is 3.77. The van der Waals surface area contributed by atoms with Gasteiger partial charge in [0.05, 0.1) is 27.1 Å². The van der Waals surface area contributed by atoms with E-state index in [2.05, 4.69) is 9.46 Å². The van der Waals surface area contributed by atoms with Crippen LogP contribution in [0.15, 0.2) is 18.2 Å². The van der Waals surface area contributed by atoms with E-state index in [-0.39, 0.29) is 5.75 Å². The van der Waals surface area contributed by atoms with Crippen LogP contribution in [0.4, 0.5) is 0 Å². The van der Waals surface area contributed by atoms with Crippen molar-refractivity contribution >= 4 is 16.0 Å². The second kappa shape index (κ2) is 7.11. The number of esters is 1. The number of rotatable bonds is 7. The van der Waals surface area contributed by atoms with Gasteiger partial charge >= 0.3 is 5.97 Å². The first-order valence-corrected chi connectivity index (χ1v) is 7.32. The van der Waals surface area contributed by atoms with E-state index in [9.17, 15) is 13.2 Å². The molecular weight excluding hydrogens is 286 g/mol. The number of carbonyl (C=O) groups excluding carboxylic acids is 1. The Bertz CT molecular complexity index is 569. The van der Waals surface area contributed by atoms with Crippen molar-refractivity contribution < 1.29 is 27.4 Å². The SMILES string of the molecule is COC(=O)CNS(=O)(=O)Cc1ccc(OC)c(OC)c1. The van der Waals surface area contributed by atoms with Gasteiger partial charge < -0.3 is 14.2 Å². The molecule has 0 unspecified atom stereocenters. The van der Waals surface area contributed by atoms with E-state index in [4.69, 9.17) is 9.47 Å². The molecule has 112 valence electrons. The van der Waals surface area contributed by atoms with Crippen LogP contribution in [-0.2, 0) is 25.3 Å². The van der Waals surface area contributed by atoms with Crippen LogP contribution in [0.3, 0.4) is 0 Å². The van der Waals surface area contributed by atoms with Crippen LogP contribution in [-0.4, -0.2) is 42.3 Å². The second-order valence-corrected chi connectivity index (χ2v) is 5.65. The number of sulfonamides is 1. The molecule has 0 aliphatic heterocycles. The van der Waals surface area contributed by atoms with Crippen molar-refractivity contribution in [1.29, 1.82) is 0 Å². The van der Waals surface area contributed by atoms with Gasteiger partial charge in [-0.2, -0.15) is 0 Å². The van der Waals surface area contributed by atoms with Crippen molar-refractivity contribution in [2.45, 2.75) is 5.75 Å². The summed E-state index contributed by atoms with van der Waals surface area (Å²) in [5.41, 5.74) is 0.514. The van der Waals surface area contributed by atoms with Crippen LogP contribution in [0.1, 0.15) is 5.56 Å². The predicted octanol–water partition coefficient (Wildman–Crippen LogP) is 0.296. The fourth-order valence-corrected chi connectivity index (χ4v) is 2.54. The summed E-state index contributed by atoms with van der Waals surface area (Å²) < 4.78 is 40.2. The highest BCUT2D eigenvalue weighted by atomic mass is 32.2. The van der Waals surface area contributed by atoms with Crippen molar-refractivity contribution in [3.8, 4) is 11.5 Å². The van der Waals surface area contributed by atoms with Gasteiger partial charge in [0.15, 0.2) is 11.5 Å². The summed E-state index contributed by atoms with van der Waals surface area (Å²) in [4.78, 5) is 10.9. The summed E-state index contributed by atoms with van der Waals surface area (Å²) in [6.45, 7) is -0.397. The molecule has 8 heteroatoms. The summed E-state index contributed by atoms with van der Waals surface area (Å²) in [5, 5.41) is 0. The highest BCUT2D eigenvalue weighted by Gasteiger charge is 2.15. The number of benzene rings is 1. The molecule has 0 heterocycles. The molecular formula is C12H17NO6S. The van der Waals surface area contributed by atoms with Gasteiger partial charge in [-0.3, -0.25) is 4.79 Å². The molecule has 0 aliphatic rings. The Kier molecular flexibility index (Phi) is 5.78. The normalized spacial score (nSPS) is 10.9. The highest BCUT2D eigenvalue weighted by molar-refractivity contribution is 7.88. The first-order valence-electron chi connectivity index (χ1n) is 5.67. The molecule has 0 aliphatic carbocycles. The van der Waals surface area contributed by atoms with E-state index in [0.29, 0.717) is 17.1 Å². The minimum atomic E-state index is -3.63. The molecule has 0 aromatic heterocycles. The largest absolute Gasteiger partial charge is 0.493 e. The Morgan fingerprint density at radius 1 is 1.15 bits per heavy atom. The maximum atomic E-state index is 11.8. The number of hydrogen-bond donors (Lipinski definition) is 1. The lowest BCUT2D eigenvalue weighted by Gasteiger charge is -2.10. The van der Waals surface area contributed by atoms with Crippen LogP contribution in [0, 0.1) is 0 Å². The lowest BCUT2D eigenvalue weighted by Crippen LogP contribution is -2.31. The summed E-state index contributed by atoms with van der Waals surface area (Å²) >= 11 is 0. The summed E-state index contributed by atoms with van der Waals surface area (Å²) in [7, 11) is 0.510. The third-order valence-electron chi connectivity index (χ3n) is 2.47. The Labute approximate surface area is 117 Å². The monoisotopic (exact) mass is 303 g/mol. The van der Waals surface area contributed by atoms with Crippen LogP contribution in [0.5, 0.6) is 11.5 Å². The number of hydrogen-bond acceptors (Lipinski definition) is 6. The molecule has 0 saturated carbocycles. The van der Waals surface area contributed by atoms with Gasteiger partial charge in [0, 0.05) is 0 Å². The van der Waals surface area contributed by atoms with Crippen molar-refractivity contribution in [1.82, 2.24) is 4.72 Å². The molecule has 0 bridgehead atoms. The topological polar surface area (TPSA) is 90.9 Å². The standard InChI is InChI=1S/C12H17NO6S/c1-17-10-5-4-9(6-11(10)18-2)8-20(15,16)13-7-12(14)19-3/h4-6,13H,7-8H2,1-3H3. The molecule has 1 aromatic carbocycles. The van der Waals surface area contributed by atoms with E-state index >= 15 is 0 Å². The van der Waals surface area contributed by atoms with Gasteiger partial charge in [-0.1, -0.05) is 6.07 Å².